The predicted molar refractivity (Wildman–Crippen MR) is 155 cm³/mol. The number of thioether (sulfide) groups is 1. The van der Waals surface area contributed by atoms with E-state index in [9.17, 15) is 4.79 Å². The molecule has 39 heavy (non-hydrogen) atoms. The van der Waals surface area contributed by atoms with E-state index in [4.69, 9.17) is 4.74 Å². The number of hydrazone groups is 1. The molecule has 7 nitrogen and oxygen atoms in total. The van der Waals surface area contributed by atoms with E-state index in [2.05, 4.69) is 20.7 Å². The smallest absolute Gasteiger partial charge is 0.250 e. The number of carbonyl (C=O) groups is 1. The number of rotatable bonds is 10. The second kappa shape index (κ2) is 12.7. The molecule has 1 amide bonds. The molecule has 0 bridgehead atoms. The number of nitrogens with one attached hydrogen (secondary N) is 1. The average Bonchev–Trinajstić information content (AvgIpc) is 3.41. The molecule has 1 N–H and O–H groups in total. The Balaban J connectivity index is 1.21. The summed E-state index contributed by atoms with van der Waals surface area (Å²) < 4.78 is 7.84. The van der Waals surface area contributed by atoms with Crippen LogP contribution in [0.4, 0.5) is 0 Å². The molecule has 0 fully saturated rings. The van der Waals surface area contributed by atoms with Gasteiger partial charge in [0.15, 0.2) is 11.0 Å². The number of benzene rings is 4. The van der Waals surface area contributed by atoms with E-state index in [1.807, 2.05) is 121 Å². The van der Waals surface area contributed by atoms with Crippen LogP contribution in [-0.2, 0) is 11.4 Å². The Morgan fingerprint density at radius 2 is 1.67 bits per heavy atom. The third-order valence-electron chi connectivity index (χ3n) is 5.80. The highest BCUT2D eigenvalue weighted by Crippen LogP contribution is 2.28. The summed E-state index contributed by atoms with van der Waals surface area (Å²) in [6.07, 6.45) is 1.60. The monoisotopic (exact) mass is 533 g/mol. The zero-order chi connectivity index (χ0) is 26.9. The summed E-state index contributed by atoms with van der Waals surface area (Å²) in [6.45, 7) is 2.52. The number of carbonyl (C=O) groups excluding carboxylic acids is 1. The maximum atomic E-state index is 12.6. The van der Waals surface area contributed by atoms with Gasteiger partial charge in [-0.25, -0.2) is 5.43 Å². The predicted octanol–water partition coefficient (Wildman–Crippen LogP) is 6.06. The van der Waals surface area contributed by atoms with E-state index in [0.717, 1.165) is 39.5 Å². The number of hydrogen-bond donors (Lipinski definition) is 1. The SMILES string of the molecule is Cc1ccc(-n2c(SCC(=O)N/N=C\c3cccc(OCc4ccccc4)c3)nnc2-c2ccccc2)cc1. The molecular formula is C31H27N5O2S. The standard InChI is InChI=1S/C31H27N5O2S/c1-23-15-17-27(18-16-23)36-30(26-12-6-3-7-13-26)34-35-31(36)39-22-29(37)33-32-20-25-11-8-14-28(19-25)38-21-24-9-4-2-5-10-24/h2-20H,21-22H2,1H3,(H,33,37)/b32-20-. The molecule has 0 spiro atoms. The minimum absolute atomic E-state index is 0.135. The number of aryl methyl sites for hydroxylation is 1. The minimum Gasteiger partial charge on any atom is -0.489 e. The second-order valence-electron chi connectivity index (χ2n) is 8.77. The maximum Gasteiger partial charge on any atom is 0.250 e. The van der Waals surface area contributed by atoms with E-state index >= 15 is 0 Å². The van der Waals surface area contributed by atoms with Gasteiger partial charge in [-0.1, -0.05) is 102 Å². The lowest BCUT2D eigenvalue weighted by Crippen LogP contribution is -2.20. The van der Waals surface area contributed by atoms with Gasteiger partial charge in [-0.3, -0.25) is 9.36 Å². The first-order valence-electron chi connectivity index (χ1n) is 12.4. The molecule has 0 saturated carbocycles. The van der Waals surface area contributed by atoms with Crippen molar-refractivity contribution in [3.8, 4) is 22.8 Å². The van der Waals surface area contributed by atoms with Gasteiger partial charge in [0.1, 0.15) is 12.4 Å². The average molecular weight is 534 g/mol. The van der Waals surface area contributed by atoms with Gasteiger partial charge in [-0.2, -0.15) is 5.10 Å². The highest BCUT2D eigenvalue weighted by atomic mass is 32.2. The van der Waals surface area contributed by atoms with Crippen molar-refractivity contribution < 1.29 is 9.53 Å². The fraction of sp³-hybridized carbons (Fsp3) is 0.0968. The number of ether oxygens (including phenoxy) is 1. The third kappa shape index (κ3) is 7.00. The van der Waals surface area contributed by atoms with Crippen LogP contribution in [0, 0.1) is 6.92 Å². The lowest BCUT2D eigenvalue weighted by Gasteiger charge is -2.10. The van der Waals surface area contributed by atoms with Crippen LogP contribution < -0.4 is 10.2 Å². The Labute approximate surface area is 231 Å². The Hall–Kier alpha value is -4.69. The van der Waals surface area contributed by atoms with Crippen molar-refractivity contribution in [1.82, 2.24) is 20.2 Å². The summed E-state index contributed by atoms with van der Waals surface area (Å²) in [7, 11) is 0. The van der Waals surface area contributed by atoms with Gasteiger partial charge in [-0.05, 0) is 42.3 Å². The first-order valence-corrected chi connectivity index (χ1v) is 13.4. The summed E-state index contributed by atoms with van der Waals surface area (Å²) in [6, 6.07) is 35.6. The molecule has 5 aromatic rings. The van der Waals surface area contributed by atoms with Gasteiger partial charge in [0.2, 0.25) is 0 Å². The van der Waals surface area contributed by atoms with Crippen LogP contribution in [0.2, 0.25) is 0 Å². The zero-order valence-corrected chi connectivity index (χ0v) is 22.2. The molecule has 4 aromatic carbocycles. The molecule has 1 aromatic heterocycles. The normalized spacial score (nSPS) is 11.0. The van der Waals surface area contributed by atoms with Gasteiger partial charge < -0.3 is 4.74 Å². The molecule has 0 unspecified atom stereocenters. The molecule has 0 radical (unpaired) electrons. The van der Waals surface area contributed by atoms with E-state index in [1.54, 1.807) is 6.21 Å². The van der Waals surface area contributed by atoms with Crippen molar-refractivity contribution in [3.05, 3.63) is 126 Å². The van der Waals surface area contributed by atoms with Crippen LogP contribution in [0.1, 0.15) is 16.7 Å². The van der Waals surface area contributed by atoms with Crippen molar-refractivity contribution in [3.63, 3.8) is 0 Å². The molecule has 0 atom stereocenters. The van der Waals surface area contributed by atoms with E-state index in [-0.39, 0.29) is 11.7 Å². The Bertz CT molecular complexity index is 1550. The molecule has 0 saturated heterocycles. The Kier molecular flexibility index (Phi) is 8.45. The Morgan fingerprint density at radius 3 is 2.44 bits per heavy atom. The molecule has 5 rings (SSSR count). The number of amides is 1. The van der Waals surface area contributed by atoms with Crippen LogP contribution in [0.5, 0.6) is 5.75 Å². The lowest BCUT2D eigenvalue weighted by atomic mass is 10.2. The fourth-order valence-electron chi connectivity index (χ4n) is 3.83. The minimum atomic E-state index is -0.243. The van der Waals surface area contributed by atoms with Gasteiger partial charge in [-0.15, -0.1) is 10.2 Å². The van der Waals surface area contributed by atoms with Gasteiger partial charge >= 0.3 is 0 Å². The summed E-state index contributed by atoms with van der Waals surface area (Å²) in [5, 5.41) is 13.6. The van der Waals surface area contributed by atoms with Crippen molar-refractivity contribution in [2.75, 3.05) is 5.75 Å². The summed E-state index contributed by atoms with van der Waals surface area (Å²) in [5.74, 6) is 1.34. The fourth-order valence-corrected chi connectivity index (χ4v) is 4.58. The van der Waals surface area contributed by atoms with Crippen molar-refractivity contribution >= 4 is 23.9 Å². The van der Waals surface area contributed by atoms with Crippen LogP contribution >= 0.6 is 11.8 Å². The topological polar surface area (TPSA) is 81.4 Å². The van der Waals surface area contributed by atoms with Gasteiger partial charge in [0, 0.05) is 11.3 Å². The summed E-state index contributed by atoms with van der Waals surface area (Å²) >= 11 is 1.31. The summed E-state index contributed by atoms with van der Waals surface area (Å²) in [5.41, 5.74) is 7.54. The van der Waals surface area contributed by atoms with Crippen LogP contribution in [0.25, 0.3) is 17.1 Å². The number of aromatic nitrogens is 3. The maximum absolute atomic E-state index is 12.6. The highest BCUT2D eigenvalue weighted by Gasteiger charge is 2.17. The van der Waals surface area contributed by atoms with Crippen LogP contribution in [0.15, 0.2) is 119 Å². The molecule has 1 heterocycles. The van der Waals surface area contributed by atoms with Crippen LogP contribution in [0.3, 0.4) is 0 Å². The quantitative estimate of drug-likeness (QED) is 0.134. The first kappa shape index (κ1) is 25.9. The highest BCUT2D eigenvalue weighted by molar-refractivity contribution is 7.99. The molecule has 8 heteroatoms. The number of hydrogen-bond acceptors (Lipinski definition) is 6. The molecule has 0 aliphatic carbocycles. The van der Waals surface area contributed by atoms with E-state index in [1.165, 1.54) is 11.8 Å². The molecular weight excluding hydrogens is 506 g/mol. The first-order chi connectivity index (χ1) is 19.2. The Morgan fingerprint density at radius 1 is 0.923 bits per heavy atom. The molecule has 0 aliphatic heterocycles. The number of nitrogens with zero attached hydrogens (tertiary/aromatic N) is 4. The third-order valence-corrected chi connectivity index (χ3v) is 6.73. The largest absolute Gasteiger partial charge is 0.489 e. The lowest BCUT2D eigenvalue weighted by molar-refractivity contribution is -0.118. The van der Waals surface area contributed by atoms with Crippen molar-refractivity contribution in [2.24, 2.45) is 5.10 Å². The molecule has 194 valence electrons. The molecule has 0 aliphatic rings. The van der Waals surface area contributed by atoms with E-state index in [0.29, 0.717) is 11.8 Å². The van der Waals surface area contributed by atoms with Gasteiger partial charge in [0.25, 0.3) is 5.91 Å². The summed E-state index contributed by atoms with van der Waals surface area (Å²) in [4.78, 5) is 12.6. The second-order valence-corrected chi connectivity index (χ2v) is 9.71. The van der Waals surface area contributed by atoms with E-state index < -0.39 is 0 Å². The zero-order valence-electron chi connectivity index (χ0n) is 21.4. The van der Waals surface area contributed by atoms with Crippen LogP contribution in [-0.4, -0.2) is 32.6 Å². The van der Waals surface area contributed by atoms with Crippen molar-refractivity contribution in [1.29, 1.82) is 0 Å². The van der Waals surface area contributed by atoms with Crippen molar-refractivity contribution in [2.45, 2.75) is 18.7 Å². The van der Waals surface area contributed by atoms with Gasteiger partial charge in [0.05, 0.1) is 12.0 Å².